The molecular formula is C25H37BFN3O7. The van der Waals surface area contributed by atoms with Crippen LogP contribution in [0.3, 0.4) is 0 Å². The van der Waals surface area contributed by atoms with E-state index in [-0.39, 0.29) is 13.0 Å². The summed E-state index contributed by atoms with van der Waals surface area (Å²) in [7, 11) is -0.812. The summed E-state index contributed by atoms with van der Waals surface area (Å²) in [5, 5.41) is 13.1. The van der Waals surface area contributed by atoms with Crippen LogP contribution in [0.15, 0.2) is 18.2 Å². The summed E-state index contributed by atoms with van der Waals surface area (Å²) in [5.41, 5.74) is 1.52. The molecule has 2 amide bonds. The normalized spacial score (nSPS) is 21.9. The first-order valence-electron chi connectivity index (χ1n) is 12.4. The van der Waals surface area contributed by atoms with Crippen molar-refractivity contribution in [2.24, 2.45) is 0 Å². The highest BCUT2D eigenvalue weighted by Gasteiger charge is 2.51. The van der Waals surface area contributed by atoms with Crippen molar-refractivity contribution in [3.63, 3.8) is 0 Å². The molecule has 1 aromatic carbocycles. The van der Waals surface area contributed by atoms with Crippen molar-refractivity contribution in [3.05, 3.63) is 29.6 Å². The minimum absolute atomic E-state index is 0.0712. The average Bonchev–Trinajstić information content (AvgIpc) is 2.98. The number of alkyl carbamates (subject to hydrolysis) is 1. The van der Waals surface area contributed by atoms with Crippen LogP contribution in [0.4, 0.5) is 9.18 Å². The fraction of sp³-hybridized carbons (Fsp3) is 0.640. The average molecular weight is 521 g/mol. The number of carboxylic acids is 1. The molecule has 0 spiro atoms. The third kappa shape index (κ3) is 7.21. The first-order chi connectivity index (χ1) is 17.0. The summed E-state index contributed by atoms with van der Waals surface area (Å²) in [5.74, 6) is -2.18. The molecule has 0 aromatic heterocycles. The summed E-state index contributed by atoms with van der Waals surface area (Å²) in [6.07, 6.45) is -0.0516. The zero-order valence-electron chi connectivity index (χ0n) is 22.5. The number of aliphatic carboxylic acids is 1. The standard InChI is InChI=1S/C25H37BFN3O7/c1-23(2,3)35-22(34)28-19(20(31)30-10-8-9-18(29-30)21(32)33)13-15-11-16(14-17(27)12-15)26-36-24(4,5)25(6,7)37-26/h11-12,14,18-19,29H,8-10,13H2,1-7H3,(H,28,34)(H,32,33)/t18-,19?/m0/s1. The van der Waals surface area contributed by atoms with Crippen molar-refractivity contribution in [1.82, 2.24) is 15.8 Å². The molecule has 2 atom stereocenters. The van der Waals surface area contributed by atoms with Crippen molar-refractivity contribution in [2.75, 3.05) is 6.54 Å². The Hall–Kier alpha value is -2.70. The Morgan fingerprint density at radius 2 is 1.84 bits per heavy atom. The largest absolute Gasteiger partial charge is 0.494 e. The molecule has 12 heteroatoms. The number of carboxylic acid groups (broad SMARTS) is 1. The van der Waals surface area contributed by atoms with E-state index in [1.54, 1.807) is 26.8 Å². The lowest BCUT2D eigenvalue weighted by Crippen LogP contribution is -2.60. The molecule has 0 radical (unpaired) electrons. The summed E-state index contributed by atoms with van der Waals surface area (Å²) in [6.45, 7) is 12.9. The van der Waals surface area contributed by atoms with Crippen LogP contribution in [0.25, 0.3) is 0 Å². The fourth-order valence-corrected chi connectivity index (χ4v) is 4.11. The van der Waals surface area contributed by atoms with Gasteiger partial charge in [-0.25, -0.2) is 14.6 Å². The number of carbonyl (C=O) groups excluding carboxylic acids is 2. The summed E-state index contributed by atoms with van der Waals surface area (Å²) in [6, 6.07) is 2.18. The highest BCUT2D eigenvalue weighted by molar-refractivity contribution is 6.62. The van der Waals surface area contributed by atoms with Crippen LogP contribution < -0.4 is 16.2 Å². The number of carbonyl (C=O) groups is 3. The minimum Gasteiger partial charge on any atom is -0.480 e. The fourth-order valence-electron chi connectivity index (χ4n) is 4.11. The molecule has 37 heavy (non-hydrogen) atoms. The van der Waals surface area contributed by atoms with Gasteiger partial charge in [0, 0.05) is 13.0 Å². The van der Waals surface area contributed by atoms with E-state index >= 15 is 0 Å². The van der Waals surface area contributed by atoms with Gasteiger partial charge in [-0.3, -0.25) is 14.6 Å². The van der Waals surface area contributed by atoms with Gasteiger partial charge in [-0.15, -0.1) is 0 Å². The van der Waals surface area contributed by atoms with Crippen molar-refractivity contribution in [2.45, 2.75) is 96.6 Å². The van der Waals surface area contributed by atoms with Gasteiger partial charge >= 0.3 is 19.2 Å². The molecule has 3 rings (SSSR count). The molecule has 1 unspecified atom stereocenters. The first kappa shape index (κ1) is 28.9. The van der Waals surface area contributed by atoms with Gasteiger partial charge in [-0.1, -0.05) is 6.07 Å². The van der Waals surface area contributed by atoms with E-state index in [9.17, 15) is 23.9 Å². The number of hydrogen-bond acceptors (Lipinski definition) is 7. The maximum atomic E-state index is 14.7. The number of hydrogen-bond donors (Lipinski definition) is 3. The Morgan fingerprint density at radius 3 is 2.41 bits per heavy atom. The van der Waals surface area contributed by atoms with Crippen molar-refractivity contribution < 1.29 is 37.9 Å². The maximum Gasteiger partial charge on any atom is 0.494 e. The van der Waals surface area contributed by atoms with Crippen molar-refractivity contribution in [3.8, 4) is 0 Å². The molecule has 0 saturated carbocycles. The number of ether oxygens (including phenoxy) is 1. The number of nitrogens with zero attached hydrogens (tertiary/aromatic N) is 1. The zero-order valence-corrected chi connectivity index (χ0v) is 22.5. The molecule has 2 aliphatic heterocycles. The summed E-state index contributed by atoms with van der Waals surface area (Å²) < 4.78 is 32.1. The topological polar surface area (TPSA) is 126 Å². The molecule has 1 aromatic rings. The quantitative estimate of drug-likeness (QED) is 0.487. The molecule has 2 heterocycles. The van der Waals surface area contributed by atoms with E-state index < -0.39 is 59.8 Å². The van der Waals surface area contributed by atoms with Gasteiger partial charge in [0.2, 0.25) is 0 Å². The second-order valence-electron chi connectivity index (χ2n) is 11.5. The van der Waals surface area contributed by atoms with Gasteiger partial charge in [0.1, 0.15) is 23.5 Å². The second kappa shape index (κ2) is 10.6. The molecule has 2 aliphatic rings. The van der Waals surface area contributed by atoms with E-state index in [1.807, 2.05) is 27.7 Å². The number of rotatable bonds is 6. The Balaban J connectivity index is 1.86. The minimum atomic E-state index is -1.15. The smallest absolute Gasteiger partial charge is 0.480 e. The van der Waals surface area contributed by atoms with Crippen LogP contribution in [0.5, 0.6) is 0 Å². The van der Waals surface area contributed by atoms with Crippen molar-refractivity contribution >= 4 is 30.6 Å². The van der Waals surface area contributed by atoms with E-state index in [0.717, 1.165) is 0 Å². The highest BCUT2D eigenvalue weighted by Crippen LogP contribution is 2.36. The van der Waals surface area contributed by atoms with Crippen LogP contribution in [0.2, 0.25) is 0 Å². The molecule has 10 nitrogen and oxygen atoms in total. The van der Waals surface area contributed by atoms with Gasteiger partial charge in [0.25, 0.3) is 5.91 Å². The second-order valence-corrected chi connectivity index (χ2v) is 11.5. The van der Waals surface area contributed by atoms with E-state index in [1.165, 1.54) is 17.1 Å². The number of benzene rings is 1. The predicted octanol–water partition coefficient (Wildman–Crippen LogP) is 2.14. The van der Waals surface area contributed by atoms with Crippen LogP contribution in [-0.4, -0.2) is 70.6 Å². The number of nitrogens with one attached hydrogen (secondary N) is 2. The van der Waals surface area contributed by atoms with Crippen LogP contribution in [0.1, 0.15) is 66.9 Å². The molecule has 2 saturated heterocycles. The van der Waals surface area contributed by atoms with Gasteiger partial charge in [-0.2, -0.15) is 0 Å². The SMILES string of the molecule is CC(C)(C)OC(=O)NC(Cc1cc(F)cc(B2OC(C)(C)C(C)(C)O2)c1)C(=O)N1CCC[C@@H](C(=O)O)N1. The Morgan fingerprint density at radius 1 is 1.22 bits per heavy atom. The van der Waals surface area contributed by atoms with Crippen molar-refractivity contribution in [1.29, 1.82) is 0 Å². The highest BCUT2D eigenvalue weighted by atomic mass is 19.1. The first-order valence-corrected chi connectivity index (χ1v) is 12.4. The Labute approximate surface area is 217 Å². The predicted molar refractivity (Wildman–Crippen MR) is 134 cm³/mol. The lowest BCUT2D eigenvalue weighted by molar-refractivity contribution is -0.147. The molecule has 204 valence electrons. The van der Waals surface area contributed by atoms with Gasteiger partial charge in [0.05, 0.1) is 11.2 Å². The van der Waals surface area contributed by atoms with Gasteiger partial charge < -0.3 is 24.5 Å². The van der Waals surface area contributed by atoms with Gasteiger partial charge in [0.15, 0.2) is 0 Å². The molecule has 0 bridgehead atoms. The number of halogens is 1. The molecular weight excluding hydrogens is 484 g/mol. The number of amides is 2. The third-order valence-corrected chi connectivity index (χ3v) is 6.68. The number of hydrazine groups is 1. The van der Waals surface area contributed by atoms with Gasteiger partial charge in [-0.05, 0) is 84.5 Å². The third-order valence-electron chi connectivity index (χ3n) is 6.68. The lowest BCUT2D eigenvalue weighted by atomic mass is 9.78. The zero-order chi connectivity index (χ0) is 27.8. The van der Waals surface area contributed by atoms with Crippen LogP contribution in [0, 0.1) is 5.82 Å². The van der Waals surface area contributed by atoms with E-state index in [0.29, 0.717) is 23.9 Å². The summed E-state index contributed by atoms with van der Waals surface area (Å²) in [4.78, 5) is 37.5. The van der Waals surface area contributed by atoms with Crippen LogP contribution in [-0.2, 0) is 30.1 Å². The summed E-state index contributed by atoms with van der Waals surface area (Å²) >= 11 is 0. The van der Waals surface area contributed by atoms with E-state index in [2.05, 4.69) is 10.7 Å². The molecule has 0 aliphatic carbocycles. The molecule has 2 fully saturated rings. The Bertz CT molecular complexity index is 1030. The van der Waals surface area contributed by atoms with Crippen LogP contribution >= 0.6 is 0 Å². The Kier molecular flexibility index (Phi) is 8.26. The lowest BCUT2D eigenvalue weighted by Gasteiger charge is -2.34. The molecule has 3 N–H and O–H groups in total. The van der Waals surface area contributed by atoms with E-state index in [4.69, 9.17) is 14.0 Å². The maximum absolute atomic E-state index is 14.7. The monoisotopic (exact) mass is 521 g/mol.